The van der Waals surface area contributed by atoms with Gasteiger partial charge in [0.25, 0.3) is 5.91 Å². The fourth-order valence-corrected chi connectivity index (χ4v) is 2.36. The fraction of sp³-hybridized carbons (Fsp3) is 0.111. The largest absolute Gasteiger partial charge is 0.422 e. The average Bonchev–Trinajstić information content (AvgIpc) is 2.56. The van der Waals surface area contributed by atoms with Gasteiger partial charge in [-0.1, -0.05) is 24.3 Å². The summed E-state index contributed by atoms with van der Waals surface area (Å²) in [6.07, 6.45) is 0. The highest BCUT2D eigenvalue weighted by Crippen LogP contribution is 2.17. The minimum Gasteiger partial charge on any atom is -0.422 e. The molecule has 2 aromatic carbocycles. The molecule has 1 aromatic heterocycles. The van der Waals surface area contributed by atoms with Crippen LogP contribution < -0.4 is 10.9 Å². The van der Waals surface area contributed by atoms with E-state index in [0.29, 0.717) is 16.5 Å². The predicted octanol–water partition coefficient (Wildman–Crippen LogP) is 3.56. The SMILES string of the molecule is CC(NC(=O)c1cc2ccccc2oc1=O)c1ccc(F)c(F)c1. The first kappa shape index (κ1) is 15.9. The van der Waals surface area contributed by atoms with Gasteiger partial charge in [0.1, 0.15) is 11.1 Å². The van der Waals surface area contributed by atoms with Crippen LogP contribution in [0.15, 0.2) is 57.7 Å². The zero-order valence-corrected chi connectivity index (χ0v) is 12.7. The van der Waals surface area contributed by atoms with Crippen LogP contribution >= 0.6 is 0 Å². The number of nitrogens with one attached hydrogen (secondary N) is 1. The van der Waals surface area contributed by atoms with Crippen molar-refractivity contribution in [1.29, 1.82) is 0 Å². The number of carbonyl (C=O) groups is 1. The van der Waals surface area contributed by atoms with E-state index in [2.05, 4.69) is 5.32 Å². The van der Waals surface area contributed by atoms with Gasteiger partial charge in [0.2, 0.25) is 0 Å². The van der Waals surface area contributed by atoms with Crippen molar-refractivity contribution in [2.75, 3.05) is 0 Å². The zero-order valence-electron chi connectivity index (χ0n) is 12.7. The molecular formula is C18H13F2NO3. The van der Waals surface area contributed by atoms with Gasteiger partial charge >= 0.3 is 5.63 Å². The van der Waals surface area contributed by atoms with Gasteiger partial charge in [-0.25, -0.2) is 13.6 Å². The maximum absolute atomic E-state index is 13.3. The Bertz CT molecular complexity index is 981. The third kappa shape index (κ3) is 3.03. The molecule has 0 aliphatic rings. The summed E-state index contributed by atoms with van der Waals surface area (Å²) in [6, 6.07) is 11.0. The quantitative estimate of drug-likeness (QED) is 0.748. The third-order valence-corrected chi connectivity index (χ3v) is 3.68. The molecule has 0 aliphatic heterocycles. The van der Waals surface area contributed by atoms with E-state index in [-0.39, 0.29) is 5.56 Å². The minimum absolute atomic E-state index is 0.150. The lowest BCUT2D eigenvalue weighted by atomic mass is 10.1. The lowest BCUT2D eigenvalue weighted by molar-refractivity contribution is 0.0936. The van der Waals surface area contributed by atoms with E-state index in [9.17, 15) is 18.4 Å². The molecule has 4 nitrogen and oxygen atoms in total. The second-order valence-electron chi connectivity index (χ2n) is 5.35. The van der Waals surface area contributed by atoms with Crippen molar-refractivity contribution in [3.63, 3.8) is 0 Å². The van der Waals surface area contributed by atoms with Gasteiger partial charge in [-0.2, -0.15) is 0 Å². The van der Waals surface area contributed by atoms with E-state index in [4.69, 9.17) is 4.42 Å². The molecule has 6 heteroatoms. The first-order valence-electron chi connectivity index (χ1n) is 7.24. The van der Waals surface area contributed by atoms with Crippen molar-refractivity contribution in [3.8, 4) is 0 Å². The molecule has 0 spiro atoms. The summed E-state index contributed by atoms with van der Waals surface area (Å²) in [5.41, 5.74) is -0.146. The van der Waals surface area contributed by atoms with Crippen LogP contribution in [0.1, 0.15) is 28.9 Å². The molecule has 1 heterocycles. The van der Waals surface area contributed by atoms with Gasteiger partial charge in [-0.05, 0) is 36.8 Å². The summed E-state index contributed by atoms with van der Waals surface area (Å²) in [5.74, 6) is -2.61. The van der Waals surface area contributed by atoms with Gasteiger partial charge in [0.05, 0.1) is 6.04 Å². The topological polar surface area (TPSA) is 59.3 Å². The third-order valence-electron chi connectivity index (χ3n) is 3.68. The summed E-state index contributed by atoms with van der Waals surface area (Å²) in [5, 5.41) is 3.19. The van der Waals surface area contributed by atoms with Gasteiger partial charge in [0, 0.05) is 5.39 Å². The van der Waals surface area contributed by atoms with E-state index in [1.165, 1.54) is 12.1 Å². The number of carbonyl (C=O) groups excluding carboxylic acids is 1. The summed E-state index contributed by atoms with van der Waals surface area (Å²) >= 11 is 0. The highest BCUT2D eigenvalue weighted by atomic mass is 19.2. The van der Waals surface area contributed by atoms with Gasteiger partial charge in [-0.3, -0.25) is 4.79 Å². The number of amides is 1. The second-order valence-corrected chi connectivity index (χ2v) is 5.35. The Balaban J connectivity index is 1.87. The Labute approximate surface area is 135 Å². The number of hydrogen-bond donors (Lipinski definition) is 1. The van der Waals surface area contributed by atoms with E-state index < -0.39 is 29.2 Å². The molecule has 1 unspecified atom stereocenters. The smallest absolute Gasteiger partial charge is 0.349 e. The molecular weight excluding hydrogens is 316 g/mol. The van der Waals surface area contributed by atoms with E-state index in [1.807, 2.05) is 0 Å². The summed E-state index contributed by atoms with van der Waals surface area (Å²) in [6.45, 7) is 1.60. The van der Waals surface area contributed by atoms with E-state index >= 15 is 0 Å². The Morgan fingerprint density at radius 1 is 1.08 bits per heavy atom. The molecule has 1 atom stereocenters. The monoisotopic (exact) mass is 329 g/mol. The maximum atomic E-state index is 13.3. The van der Waals surface area contributed by atoms with E-state index in [1.54, 1.807) is 31.2 Å². The number of benzene rings is 2. The Hall–Kier alpha value is -3.02. The Morgan fingerprint density at radius 3 is 2.58 bits per heavy atom. The van der Waals surface area contributed by atoms with Gasteiger partial charge in [0.15, 0.2) is 11.6 Å². The number of para-hydroxylation sites is 1. The van der Waals surface area contributed by atoms with Crippen molar-refractivity contribution in [1.82, 2.24) is 5.32 Å². The molecule has 0 saturated carbocycles. The number of rotatable bonds is 3. The highest BCUT2D eigenvalue weighted by Gasteiger charge is 2.17. The van der Waals surface area contributed by atoms with Gasteiger partial charge in [-0.15, -0.1) is 0 Å². The summed E-state index contributed by atoms with van der Waals surface area (Å²) in [7, 11) is 0. The molecule has 0 aliphatic carbocycles. The lowest BCUT2D eigenvalue weighted by Gasteiger charge is -2.14. The van der Waals surface area contributed by atoms with Crippen LogP contribution in [0.5, 0.6) is 0 Å². The maximum Gasteiger partial charge on any atom is 0.349 e. The molecule has 1 N–H and O–H groups in total. The molecule has 1 amide bonds. The van der Waals surface area contributed by atoms with Crippen molar-refractivity contribution >= 4 is 16.9 Å². The summed E-state index contributed by atoms with van der Waals surface area (Å²) in [4.78, 5) is 24.3. The van der Waals surface area contributed by atoms with Crippen LogP contribution in [-0.2, 0) is 0 Å². The van der Waals surface area contributed by atoms with Crippen LogP contribution in [0.3, 0.4) is 0 Å². The molecule has 0 fully saturated rings. The van der Waals surface area contributed by atoms with Crippen LogP contribution in [0.4, 0.5) is 8.78 Å². The Kier molecular flexibility index (Phi) is 4.12. The predicted molar refractivity (Wildman–Crippen MR) is 84.7 cm³/mol. The standard InChI is InChI=1S/C18H13F2NO3/c1-10(11-6-7-14(19)15(20)9-11)21-17(22)13-8-12-4-2-3-5-16(12)24-18(13)23/h2-10H,1H3,(H,21,22). The number of halogens is 2. The molecule has 3 rings (SSSR count). The van der Waals surface area contributed by atoms with Crippen LogP contribution in [-0.4, -0.2) is 5.91 Å². The van der Waals surface area contributed by atoms with Gasteiger partial charge < -0.3 is 9.73 Å². The Morgan fingerprint density at radius 2 is 1.83 bits per heavy atom. The first-order valence-corrected chi connectivity index (χ1v) is 7.24. The number of hydrogen-bond acceptors (Lipinski definition) is 3. The molecule has 0 radical (unpaired) electrons. The van der Waals surface area contributed by atoms with Crippen molar-refractivity contribution < 1.29 is 18.0 Å². The van der Waals surface area contributed by atoms with Crippen LogP contribution in [0.2, 0.25) is 0 Å². The van der Waals surface area contributed by atoms with Crippen molar-refractivity contribution in [2.45, 2.75) is 13.0 Å². The molecule has 0 bridgehead atoms. The molecule has 122 valence electrons. The lowest BCUT2D eigenvalue weighted by Crippen LogP contribution is -2.30. The fourth-order valence-electron chi connectivity index (χ4n) is 2.36. The van der Waals surface area contributed by atoms with Crippen molar-refractivity contribution in [2.24, 2.45) is 0 Å². The molecule has 3 aromatic rings. The normalized spacial score (nSPS) is 12.1. The molecule has 0 saturated heterocycles. The minimum atomic E-state index is -1.00. The zero-order chi connectivity index (χ0) is 17.3. The first-order chi connectivity index (χ1) is 11.5. The van der Waals surface area contributed by atoms with Crippen LogP contribution in [0, 0.1) is 11.6 Å². The average molecular weight is 329 g/mol. The summed E-state index contributed by atoms with van der Waals surface area (Å²) < 4.78 is 31.4. The van der Waals surface area contributed by atoms with Crippen LogP contribution in [0.25, 0.3) is 11.0 Å². The van der Waals surface area contributed by atoms with Crippen molar-refractivity contribution in [3.05, 3.63) is 81.7 Å². The number of fused-ring (bicyclic) bond motifs is 1. The van der Waals surface area contributed by atoms with E-state index in [0.717, 1.165) is 12.1 Å². The molecule has 24 heavy (non-hydrogen) atoms. The highest BCUT2D eigenvalue weighted by molar-refractivity contribution is 5.96. The second kappa shape index (κ2) is 6.23.